The van der Waals surface area contributed by atoms with E-state index in [1.807, 2.05) is 13.8 Å². The zero-order valence-electron chi connectivity index (χ0n) is 6.66. The molecule has 66 valence electrons. The molecule has 0 radical (unpaired) electrons. The van der Waals surface area contributed by atoms with Gasteiger partial charge in [-0.25, -0.2) is 0 Å². The average Bonchev–Trinajstić information content (AvgIpc) is 2.03. The van der Waals surface area contributed by atoms with Gasteiger partial charge in [0.15, 0.2) is 6.07 Å². The summed E-state index contributed by atoms with van der Waals surface area (Å²) in [6.45, 7) is 4.89. The molecule has 0 N–H and O–H groups in total. The Bertz CT molecular complexity index is 127. The molecule has 0 aliphatic heterocycles. The van der Waals surface area contributed by atoms with E-state index in [4.69, 9.17) is 11.6 Å². The van der Waals surface area contributed by atoms with Crippen molar-refractivity contribution in [1.29, 1.82) is 0 Å². The standard InChI is InChI=1S/C5H12ClN3O2/c1-3-8(4-2)9(10)7-11-5-6/h3-5H2,1-2H3/b9-7-. The minimum atomic E-state index is -0.111. The van der Waals surface area contributed by atoms with Crippen molar-refractivity contribution in [3.63, 3.8) is 0 Å². The molecule has 0 heterocycles. The summed E-state index contributed by atoms with van der Waals surface area (Å²) in [7, 11) is 0. The number of nitrogens with zero attached hydrogens (tertiary/aromatic N) is 3. The van der Waals surface area contributed by atoms with Crippen molar-refractivity contribution in [3.8, 4) is 0 Å². The third-order valence-electron chi connectivity index (χ3n) is 1.15. The lowest BCUT2D eigenvalue weighted by Crippen LogP contribution is -2.30. The number of rotatable bonds is 5. The molecule has 5 nitrogen and oxygen atoms in total. The molecule has 0 bridgehead atoms. The van der Waals surface area contributed by atoms with Crippen molar-refractivity contribution < 1.29 is 9.81 Å². The molecule has 0 aromatic carbocycles. The van der Waals surface area contributed by atoms with Gasteiger partial charge in [0, 0.05) is 0 Å². The Morgan fingerprint density at radius 1 is 1.55 bits per heavy atom. The van der Waals surface area contributed by atoms with Crippen LogP contribution in [0.1, 0.15) is 13.8 Å². The molecule has 0 aromatic heterocycles. The summed E-state index contributed by atoms with van der Waals surface area (Å²) in [6.07, 6.45) is 0. The molecule has 0 atom stereocenters. The molecule has 0 aliphatic carbocycles. The first-order valence-electron chi connectivity index (χ1n) is 3.37. The van der Waals surface area contributed by atoms with Crippen LogP contribution < -0.4 is 0 Å². The normalized spacial score (nSPS) is 11.4. The monoisotopic (exact) mass is 181 g/mol. The van der Waals surface area contributed by atoms with Crippen LogP contribution in [0.3, 0.4) is 0 Å². The second-order valence-corrected chi connectivity index (χ2v) is 1.93. The second kappa shape index (κ2) is 6.03. The van der Waals surface area contributed by atoms with Crippen LogP contribution in [0.4, 0.5) is 0 Å². The van der Waals surface area contributed by atoms with E-state index in [-0.39, 0.29) is 6.07 Å². The molecule has 0 aliphatic rings. The van der Waals surface area contributed by atoms with Crippen LogP contribution in [-0.4, -0.2) is 29.1 Å². The summed E-state index contributed by atoms with van der Waals surface area (Å²) in [5.74, 6) is 0. The Morgan fingerprint density at radius 2 is 2.09 bits per heavy atom. The van der Waals surface area contributed by atoms with E-state index in [0.29, 0.717) is 18.1 Å². The predicted octanol–water partition coefficient (Wildman–Crippen LogP) is 1.33. The highest BCUT2D eigenvalue weighted by Gasteiger charge is 2.05. The minimum Gasteiger partial charge on any atom is -0.569 e. The van der Waals surface area contributed by atoms with Gasteiger partial charge in [0.25, 0.3) is 0 Å². The fourth-order valence-corrected chi connectivity index (χ4v) is 0.632. The first-order valence-corrected chi connectivity index (χ1v) is 3.90. The summed E-state index contributed by atoms with van der Waals surface area (Å²) >= 11 is 5.14. The van der Waals surface area contributed by atoms with Gasteiger partial charge in [-0.05, 0) is 13.8 Å². The number of hydrogen-bond acceptors (Lipinski definition) is 3. The van der Waals surface area contributed by atoms with Crippen LogP contribution in [0.25, 0.3) is 0 Å². The highest BCUT2D eigenvalue weighted by molar-refractivity contribution is 6.17. The van der Waals surface area contributed by atoms with Crippen molar-refractivity contribution in [2.45, 2.75) is 13.8 Å². The molecule has 0 saturated heterocycles. The van der Waals surface area contributed by atoms with Gasteiger partial charge in [-0.1, -0.05) is 11.6 Å². The molecule has 6 heteroatoms. The van der Waals surface area contributed by atoms with Crippen molar-refractivity contribution >= 4 is 11.6 Å². The fourth-order valence-electron chi connectivity index (χ4n) is 0.588. The van der Waals surface area contributed by atoms with Crippen molar-refractivity contribution in [2.75, 3.05) is 19.2 Å². The topological polar surface area (TPSA) is 50.9 Å². The SMILES string of the molecule is CCN(CC)/[N+]([O-])=N/OCCl. The van der Waals surface area contributed by atoms with Gasteiger partial charge in [-0.15, -0.1) is 5.01 Å². The van der Waals surface area contributed by atoms with Crippen LogP contribution in [0.15, 0.2) is 5.28 Å². The van der Waals surface area contributed by atoms with E-state index in [9.17, 15) is 5.21 Å². The maximum Gasteiger partial charge on any atom is 0.234 e. The Labute approximate surface area is 70.7 Å². The number of halogens is 1. The zero-order valence-corrected chi connectivity index (χ0v) is 7.41. The van der Waals surface area contributed by atoms with Crippen molar-refractivity contribution in [3.05, 3.63) is 5.21 Å². The summed E-state index contributed by atoms with van der Waals surface area (Å²) in [4.78, 5) is 4.73. The van der Waals surface area contributed by atoms with E-state index in [1.54, 1.807) is 0 Å². The van der Waals surface area contributed by atoms with Gasteiger partial charge < -0.3 is 10.0 Å². The van der Waals surface area contributed by atoms with E-state index < -0.39 is 0 Å². The van der Waals surface area contributed by atoms with Gasteiger partial charge >= 0.3 is 0 Å². The van der Waals surface area contributed by atoms with Gasteiger partial charge in [-0.2, -0.15) is 0 Å². The lowest BCUT2D eigenvalue weighted by atomic mass is 10.6. The molecule has 0 rings (SSSR count). The predicted molar refractivity (Wildman–Crippen MR) is 40.8 cm³/mol. The first-order chi connectivity index (χ1) is 5.26. The summed E-state index contributed by atoms with van der Waals surface area (Å²) in [5.41, 5.74) is 0. The Hall–Kier alpha value is -0.710. The van der Waals surface area contributed by atoms with Crippen LogP contribution >= 0.6 is 11.6 Å². The van der Waals surface area contributed by atoms with Crippen molar-refractivity contribution in [1.82, 2.24) is 5.01 Å². The Balaban J connectivity index is 3.85. The highest BCUT2D eigenvalue weighted by Crippen LogP contribution is 1.90. The minimum absolute atomic E-state index is 0.111. The molecular formula is C5H12ClN3O2. The average molecular weight is 182 g/mol. The lowest BCUT2D eigenvalue weighted by Gasteiger charge is -2.12. The third-order valence-corrected chi connectivity index (χ3v) is 1.25. The molecule has 0 aromatic rings. The first kappa shape index (κ1) is 10.3. The van der Waals surface area contributed by atoms with Gasteiger partial charge in [0.05, 0.1) is 18.1 Å². The Morgan fingerprint density at radius 3 is 2.45 bits per heavy atom. The largest absolute Gasteiger partial charge is 0.569 e. The maximum absolute atomic E-state index is 10.9. The van der Waals surface area contributed by atoms with E-state index >= 15 is 0 Å². The number of hydrogen-bond donors (Lipinski definition) is 0. The van der Waals surface area contributed by atoms with E-state index in [0.717, 1.165) is 0 Å². The van der Waals surface area contributed by atoms with Gasteiger partial charge in [0.2, 0.25) is 5.28 Å². The van der Waals surface area contributed by atoms with Crippen LogP contribution in [0.5, 0.6) is 0 Å². The molecule has 11 heavy (non-hydrogen) atoms. The molecule has 0 unspecified atom stereocenters. The number of hydrazine groups is 1. The molecule has 0 saturated carbocycles. The van der Waals surface area contributed by atoms with E-state index in [1.165, 1.54) is 5.01 Å². The second-order valence-electron chi connectivity index (χ2n) is 1.71. The van der Waals surface area contributed by atoms with Crippen LogP contribution in [0, 0.1) is 5.21 Å². The quantitative estimate of drug-likeness (QED) is 0.278. The fraction of sp³-hybridized carbons (Fsp3) is 1.00. The lowest BCUT2D eigenvalue weighted by molar-refractivity contribution is -0.709. The molecule has 0 fully saturated rings. The third kappa shape index (κ3) is 3.87. The Kier molecular flexibility index (Phi) is 5.64. The van der Waals surface area contributed by atoms with Gasteiger partial charge in [0.1, 0.15) is 0 Å². The summed E-state index contributed by atoms with van der Waals surface area (Å²) < 4.78 is 0. The molecule has 0 amide bonds. The smallest absolute Gasteiger partial charge is 0.234 e. The zero-order chi connectivity index (χ0) is 8.69. The summed E-state index contributed by atoms with van der Waals surface area (Å²) in [5, 5.41) is 15.5. The summed E-state index contributed by atoms with van der Waals surface area (Å²) in [6, 6.07) is -0.111. The van der Waals surface area contributed by atoms with Gasteiger partial charge in [-0.3, -0.25) is 0 Å². The van der Waals surface area contributed by atoms with Crippen LogP contribution in [0.2, 0.25) is 0 Å². The van der Waals surface area contributed by atoms with E-state index in [2.05, 4.69) is 10.1 Å². The molecular weight excluding hydrogens is 170 g/mol. The van der Waals surface area contributed by atoms with Crippen LogP contribution in [-0.2, 0) is 4.84 Å². The number of alkyl halides is 1. The molecule has 0 spiro atoms. The highest BCUT2D eigenvalue weighted by atomic mass is 35.5. The maximum atomic E-state index is 10.9. The van der Waals surface area contributed by atoms with Crippen molar-refractivity contribution in [2.24, 2.45) is 5.28 Å².